The molecule has 1 aromatic heterocycles. The first-order chi connectivity index (χ1) is 13.3. The van der Waals surface area contributed by atoms with Crippen molar-refractivity contribution in [2.45, 2.75) is 33.0 Å². The summed E-state index contributed by atoms with van der Waals surface area (Å²) in [5.41, 5.74) is 1.38. The normalized spacial score (nSPS) is 11.9. The minimum absolute atomic E-state index is 0.148. The molecule has 1 heterocycles. The van der Waals surface area contributed by atoms with E-state index in [-0.39, 0.29) is 5.56 Å². The Morgan fingerprint density at radius 3 is 2.36 bits per heavy atom. The molecule has 0 fully saturated rings. The number of aromatic nitrogens is 3. The Morgan fingerprint density at radius 1 is 1.04 bits per heavy atom. The second-order valence-electron chi connectivity index (χ2n) is 7.15. The molecule has 28 heavy (non-hydrogen) atoms. The summed E-state index contributed by atoms with van der Waals surface area (Å²) in [6.07, 6.45) is -2.11. The zero-order valence-electron chi connectivity index (χ0n) is 15.8. The number of alkyl halides is 3. The van der Waals surface area contributed by atoms with Crippen molar-refractivity contribution < 1.29 is 13.2 Å². The molecule has 148 valence electrons. The third-order valence-corrected chi connectivity index (χ3v) is 4.51. The van der Waals surface area contributed by atoms with Crippen LogP contribution in [0.15, 0.2) is 48.8 Å². The number of hydrogen-bond donors (Lipinski definition) is 2. The van der Waals surface area contributed by atoms with Crippen molar-refractivity contribution in [3.05, 3.63) is 59.9 Å². The topological polar surface area (TPSA) is 53.6 Å². The van der Waals surface area contributed by atoms with E-state index >= 15 is 0 Å². The Morgan fingerprint density at radius 2 is 1.75 bits per heavy atom. The summed E-state index contributed by atoms with van der Waals surface area (Å²) in [5.74, 6) is 0.940. The fourth-order valence-electron chi connectivity index (χ4n) is 2.95. The van der Waals surface area contributed by atoms with Gasteiger partial charge in [-0.2, -0.15) is 18.3 Å². The van der Waals surface area contributed by atoms with E-state index < -0.39 is 11.7 Å². The van der Waals surface area contributed by atoms with Crippen molar-refractivity contribution in [1.29, 1.82) is 0 Å². The summed E-state index contributed by atoms with van der Waals surface area (Å²) in [7, 11) is 0. The molecule has 0 radical (unpaired) electrons. The molecule has 2 aromatic carbocycles. The number of hydrogen-bond acceptors (Lipinski definition) is 3. The Balaban J connectivity index is 1.82. The van der Waals surface area contributed by atoms with Crippen LogP contribution in [0.3, 0.4) is 0 Å². The van der Waals surface area contributed by atoms with Gasteiger partial charge in [-0.05, 0) is 41.6 Å². The van der Waals surface area contributed by atoms with Gasteiger partial charge in [-0.3, -0.25) is 5.10 Å². The molecule has 3 aromatic rings. The Hall–Kier alpha value is -2.67. The number of benzene rings is 2. The molecular weight excluding hydrogens is 365 g/mol. The smallest absolute Gasteiger partial charge is 0.313 e. The average molecular weight is 388 g/mol. The Kier molecular flexibility index (Phi) is 6.14. The average Bonchev–Trinajstić information content (AvgIpc) is 3.19. The first-order valence-electron chi connectivity index (χ1n) is 9.21. The van der Waals surface area contributed by atoms with Crippen LogP contribution < -0.4 is 5.32 Å². The van der Waals surface area contributed by atoms with Crippen LogP contribution in [-0.2, 0) is 12.7 Å². The van der Waals surface area contributed by atoms with Crippen molar-refractivity contribution in [2.24, 2.45) is 5.92 Å². The van der Waals surface area contributed by atoms with Gasteiger partial charge in [0.2, 0.25) is 0 Å². The number of rotatable bonds is 7. The highest BCUT2D eigenvalue weighted by molar-refractivity contribution is 5.72. The van der Waals surface area contributed by atoms with Crippen LogP contribution in [0, 0.1) is 5.92 Å². The number of aromatic amines is 1. The van der Waals surface area contributed by atoms with Crippen molar-refractivity contribution >= 4 is 0 Å². The van der Waals surface area contributed by atoms with Crippen LogP contribution in [0.2, 0.25) is 0 Å². The van der Waals surface area contributed by atoms with E-state index in [0.717, 1.165) is 24.6 Å². The van der Waals surface area contributed by atoms with Crippen LogP contribution in [0.25, 0.3) is 22.5 Å². The maximum atomic E-state index is 13.6. The van der Waals surface area contributed by atoms with Gasteiger partial charge >= 0.3 is 6.18 Å². The Bertz CT molecular complexity index is 885. The molecule has 2 N–H and O–H groups in total. The van der Waals surface area contributed by atoms with Gasteiger partial charge in [0, 0.05) is 12.1 Å². The van der Waals surface area contributed by atoms with Crippen LogP contribution in [0.4, 0.5) is 13.2 Å². The van der Waals surface area contributed by atoms with Crippen molar-refractivity contribution in [1.82, 2.24) is 20.5 Å². The molecule has 0 unspecified atom stereocenters. The summed E-state index contributed by atoms with van der Waals surface area (Å²) in [6.45, 7) is 5.95. The summed E-state index contributed by atoms with van der Waals surface area (Å²) < 4.78 is 40.9. The van der Waals surface area contributed by atoms with Crippen molar-refractivity contribution in [3.63, 3.8) is 0 Å². The Labute approximate surface area is 162 Å². The van der Waals surface area contributed by atoms with Gasteiger partial charge in [-0.1, -0.05) is 50.2 Å². The third-order valence-electron chi connectivity index (χ3n) is 4.51. The van der Waals surface area contributed by atoms with Crippen molar-refractivity contribution in [3.8, 4) is 22.5 Å². The zero-order chi connectivity index (χ0) is 20.1. The summed E-state index contributed by atoms with van der Waals surface area (Å²) in [6, 6.07) is 11.4. The molecule has 0 aliphatic heterocycles. The molecule has 0 atom stereocenters. The SMILES string of the molecule is CC(C)CCNCc1ccc(-c2ccc(-c3ncn[nH]3)cc2C(F)(F)F)cc1. The van der Waals surface area contributed by atoms with Crippen LogP contribution in [-0.4, -0.2) is 21.7 Å². The molecule has 4 nitrogen and oxygen atoms in total. The molecule has 0 saturated heterocycles. The molecule has 0 aliphatic carbocycles. The van der Waals surface area contributed by atoms with Crippen molar-refractivity contribution in [2.75, 3.05) is 6.54 Å². The molecule has 0 amide bonds. The lowest BCUT2D eigenvalue weighted by Gasteiger charge is -2.15. The molecular formula is C21H23F3N4. The van der Waals surface area contributed by atoms with E-state index in [1.807, 2.05) is 12.1 Å². The van der Waals surface area contributed by atoms with Crippen LogP contribution >= 0.6 is 0 Å². The van der Waals surface area contributed by atoms with Gasteiger partial charge in [-0.15, -0.1) is 0 Å². The number of halogens is 3. The molecule has 0 bridgehead atoms. The highest BCUT2D eigenvalue weighted by Gasteiger charge is 2.34. The minimum Gasteiger partial charge on any atom is -0.313 e. The molecule has 3 rings (SSSR count). The summed E-state index contributed by atoms with van der Waals surface area (Å²) in [5, 5.41) is 9.65. The molecule has 7 heteroatoms. The first kappa shape index (κ1) is 20.1. The number of H-pyrrole nitrogens is 1. The predicted octanol–water partition coefficient (Wildman–Crippen LogP) is 5.29. The third kappa shape index (κ3) is 4.98. The van der Waals surface area contributed by atoms with E-state index in [1.54, 1.807) is 18.2 Å². The monoisotopic (exact) mass is 388 g/mol. The van der Waals surface area contributed by atoms with Gasteiger partial charge in [0.15, 0.2) is 5.82 Å². The fourth-order valence-corrected chi connectivity index (χ4v) is 2.95. The highest BCUT2D eigenvalue weighted by atomic mass is 19.4. The number of nitrogens with one attached hydrogen (secondary N) is 2. The van der Waals surface area contributed by atoms with Gasteiger partial charge < -0.3 is 5.32 Å². The van der Waals surface area contributed by atoms with Gasteiger partial charge in [0.25, 0.3) is 0 Å². The van der Waals surface area contributed by atoms with E-state index in [2.05, 4.69) is 34.3 Å². The first-order valence-corrected chi connectivity index (χ1v) is 9.21. The molecule has 0 aliphatic rings. The van der Waals surface area contributed by atoms with E-state index in [4.69, 9.17) is 0 Å². The minimum atomic E-state index is -4.47. The lowest BCUT2D eigenvalue weighted by molar-refractivity contribution is -0.137. The van der Waals surface area contributed by atoms with E-state index in [0.29, 0.717) is 29.4 Å². The van der Waals surface area contributed by atoms with Crippen LogP contribution in [0.1, 0.15) is 31.4 Å². The maximum absolute atomic E-state index is 13.6. The summed E-state index contributed by atoms with van der Waals surface area (Å²) >= 11 is 0. The lowest BCUT2D eigenvalue weighted by atomic mass is 9.96. The van der Waals surface area contributed by atoms with Gasteiger partial charge in [0.05, 0.1) is 5.56 Å². The van der Waals surface area contributed by atoms with Gasteiger partial charge in [0.1, 0.15) is 6.33 Å². The second kappa shape index (κ2) is 8.56. The largest absolute Gasteiger partial charge is 0.417 e. The quantitative estimate of drug-likeness (QED) is 0.541. The predicted molar refractivity (Wildman–Crippen MR) is 103 cm³/mol. The highest BCUT2D eigenvalue weighted by Crippen LogP contribution is 2.39. The lowest BCUT2D eigenvalue weighted by Crippen LogP contribution is -2.16. The van der Waals surface area contributed by atoms with Gasteiger partial charge in [-0.25, -0.2) is 4.98 Å². The van der Waals surface area contributed by atoms with E-state index in [1.165, 1.54) is 12.4 Å². The van der Waals surface area contributed by atoms with E-state index in [9.17, 15) is 13.2 Å². The zero-order valence-corrected chi connectivity index (χ0v) is 15.8. The fraction of sp³-hybridized carbons (Fsp3) is 0.333. The molecule has 0 saturated carbocycles. The van der Waals surface area contributed by atoms with Crippen LogP contribution in [0.5, 0.6) is 0 Å². The summed E-state index contributed by atoms with van der Waals surface area (Å²) in [4.78, 5) is 3.93. The number of nitrogens with zero attached hydrogens (tertiary/aromatic N) is 2. The molecule has 0 spiro atoms. The standard InChI is InChI=1S/C21H23F3N4/c1-14(2)9-10-25-12-15-3-5-16(6-4-15)18-8-7-17(20-26-13-27-28-20)11-19(18)21(22,23)24/h3-8,11,13-14,25H,9-10,12H2,1-2H3,(H,26,27,28). The second-order valence-corrected chi connectivity index (χ2v) is 7.15. The maximum Gasteiger partial charge on any atom is 0.417 e.